The third-order valence-electron chi connectivity index (χ3n) is 7.54. The molecule has 15 nitrogen and oxygen atoms in total. The summed E-state index contributed by atoms with van der Waals surface area (Å²) in [4.78, 5) is 23.7. The molecule has 0 atom stereocenters. The lowest BCUT2D eigenvalue weighted by molar-refractivity contribution is 0.0117. The molecule has 0 spiro atoms. The van der Waals surface area contributed by atoms with Gasteiger partial charge in [-0.05, 0) is 95.3 Å². The van der Waals surface area contributed by atoms with Crippen LogP contribution in [0, 0.1) is 6.92 Å². The van der Waals surface area contributed by atoms with Crippen LogP contribution in [-0.2, 0) is 38.0 Å². The maximum absolute atomic E-state index is 11.9. The number of aliphatic hydroxyl groups excluding tert-OH is 1. The zero-order valence-electron chi connectivity index (χ0n) is 35.6. The van der Waals surface area contributed by atoms with Gasteiger partial charge in [0, 0.05) is 22.9 Å². The van der Waals surface area contributed by atoms with Crippen molar-refractivity contribution in [2.45, 2.75) is 50.7 Å². The number of carbonyl (C=O) groups is 2. The number of ketones is 2. The first-order valence-corrected chi connectivity index (χ1v) is 22.0. The van der Waals surface area contributed by atoms with E-state index in [1.54, 1.807) is 60.7 Å². The number of hydrogen-bond acceptors (Lipinski definition) is 15. The fourth-order valence-electron chi connectivity index (χ4n) is 4.44. The highest BCUT2D eigenvalue weighted by Crippen LogP contribution is 2.18. The van der Waals surface area contributed by atoms with Gasteiger partial charge in [-0.15, -0.1) is 23.2 Å². The highest BCUT2D eigenvalue weighted by molar-refractivity contribution is 7.86. The maximum Gasteiger partial charge on any atom is 0.297 e. The minimum atomic E-state index is -3.71. The molecule has 344 valence electrons. The van der Waals surface area contributed by atoms with Crippen LogP contribution < -0.4 is 9.47 Å². The monoisotopic (exact) mass is 920 g/mol. The Balaban J connectivity index is 0.000000469. The molecular formula is C43H62Cl2O15S. The molecule has 3 rings (SSSR count). The quantitative estimate of drug-likeness (QED) is 0.0351. The number of Topliss-reactive ketones (excluding diaryl/α,β-unsaturated/α-hetero) is 2. The van der Waals surface area contributed by atoms with E-state index in [0.717, 1.165) is 5.56 Å². The van der Waals surface area contributed by atoms with Crippen molar-refractivity contribution in [1.29, 1.82) is 0 Å². The van der Waals surface area contributed by atoms with Gasteiger partial charge in [-0.2, -0.15) is 8.42 Å². The highest BCUT2D eigenvalue weighted by Gasteiger charge is 2.26. The van der Waals surface area contributed by atoms with Crippen LogP contribution in [0.15, 0.2) is 77.7 Å². The normalized spacial score (nSPS) is 11.5. The molecule has 0 radical (unpaired) electrons. The number of benzene rings is 3. The molecule has 0 amide bonds. The maximum atomic E-state index is 11.9. The Morgan fingerprint density at radius 3 is 1.23 bits per heavy atom. The van der Waals surface area contributed by atoms with Gasteiger partial charge in [0.2, 0.25) is 0 Å². The van der Waals surface area contributed by atoms with Crippen LogP contribution in [0.1, 0.15) is 54.0 Å². The van der Waals surface area contributed by atoms with Gasteiger partial charge in [0.1, 0.15) is 35.9 Å². The summed E-state index contributed by atoms with van der Waals surface area (Å²) in [5.74, 6) is 1.50. The lowest BCUT2D eigenvalue weighted by Gasteiger charge is -2.15. The van der Waals surface area contributed by atoms with Crippen LogP contribution in [0.4, 0.5) is 0 Å². The fourth-order valence-corrected chi connectivity index (χ4v) is 5.55. The lowest BCUT2D eigenvalue weighted by atomic mass is 9.97. The van der Waals surface area contributed by atoms with E-state index < -0.39 is 21.3 Å². The Morgan fingerprint density at radius 2 is 0.869 bits per heavy atom. The molecule has 3 N–H and O–H groups in total. The van der Waals surface area contributed by atoms with Crippen molar-refractivity contribution in [2.24, 2.45) is 0 Å². The summed E-state index contributed by atoms with van der Waals surface area (Å²) in [6.07, 6.45) is 0. The van der Waals surface area contributed by atoms with Gasteiger partial charge in [0.25, 0.3) is 10.1 Å². The van der Waals surface area contributed by atoms with Crippen LogP contribution in [-0.4, -0.2) is 151 Å². The van der Waals surface area contributed by atoms with Gasteiger partial charge in [-0.1, -0.05) is 17.7 Å². The SMILES string of the molecule is CC(C)(O)C(=O)c1ccc(OCCO)cc1.CC(C)(O)C(=O)c1ccc(OCCOCCOCCOCCCl)cc1.Cc1ccc(S(=O)(=O)OCCOCCOCCCl)cc1. The van der Waals surface area contributed by atoms with E-state index in [1.165, 1.54) is 39.8 Å². The molecule has 0 saturated carbocycles. The number of ether oxygens (including phenoxy) is 7. The Morgan fingerprint density at radius 1 is 0.525 bits per heavy atom. The molecule has 0 aliphatic rings. The van der Waals surface area contributed by atoms with Crippen molar-refractivity contribution in [3.05, 3.63) is 89.5 Å². The van der Waals surface area contributed by atoms with Gasteiger partial charge in [0.05, 0.1) is 84.2 Å². The van der Waals surface area contributed by atoms with E-state index in [0.29, 0.717) is 100 Å². The van der Waals surface area contributed by atoms with Gasteiger partial charge in [-0.3, -0.25) is 13.8 Å². The summed E-state index contributed by atoms with van der Waals surface area (Å²) in [6.45, 7) is 12.7. The van der Waals surface area contributed by atoms with Crippen LogP contribution in [0.25, 0.3) is 0 Å². The molecule has 0 aromatic heterocycles. The van der Waals surface area contributed by atoms with Crippen molar-refractivity contribution in [2.75, 3.05) is 104 Å². The fraction of sp³-hybridized carbons (Fsp3) is 0.535. The van der Waals surface area contributed by atoms with Crippen LogP contribution in [0.2, 0.25) is 0 Å². The third-order valence-corrected chi connectivity index (χ3v) is 9.17. The summed E-state index contributed by atoms with van der Waals surface area (Å²) >= 11 is 10.9. The van der Waals surface area contributed by atoms with Gasteiger partial charge >= 0.3 is 0 Å². The Kier molecular flexibility index (Phi) is 28.9. The summed E-state index contributed by atoms with van der Waals surface area (Å²) in [7, 11) is -3.71. The number of aliphatic hydroxyl groups is 3. The molecule has 3 aromatic carbocycles. The average molecular weight is 922 g/mol. The zero-order chi connectivity index (χ0) is 45.6. The number of alkyl halides is 2. The number of rotatable bonds is 29. The molecule has 0 heterocycles. The standard InChI is InChI=1S/C18H27ClO6.C13H19ClO5S.C12H16O4/c1-18(2,21)17(20)15-3-5-16(6-4-15)25-14-13-24-12-11-23-10-9-22-8-7-19;1-12-2-4-13(5-3-12)20(15,16)19-11-10-18-9-8-17-7-6-14;1-12(2,15)11(14)9-3-5-10(6-4-9)16-8-7-13/h3-6,21H,7-14H2,1-2H3;2-5H,6-11H2,1H3;3-6,13,15H,7-8H2,1-2H3. The first-order valence-electron chi connectivity index (χ1n) is 19.5. The number of halogens is 2. The molecule has 61 heavy (non-hydrogen) atoms. The second kappa shape index (κ2) is 31.6. The summed E-state index contributed by atoms with van der Waals surface area (Å²) in [5, 5.41) is 27.8. The summed E-state index contributed by atoms with van der Waals surface area (Å²) < 4.78 is 65.3. The Bertz CT molecular complexity index is 1710. The highest BCUT2D eigenvalue weighted by atomic mass is 35.5. The van der Waals surface area contributed by atoms with Gasteiger partial charge in [-0.25, -0.2) is 0 Å². The number of aryl methyl sites for hydroxylation is 1. The largest absolute Gasteiger partial charge is 0.491 e. The third kappa shape index (κ3) is 26.1. The van der Waals surface area contributed by atoms with E-state index in [9.17, 15) is 28.2 Å². The summed E-state index contributed by atoms with van der Waals surface area (Å²) in [5.41, 5.74) is -0.876. The molecule has 0 fully saturated rings. The predicted molar refractivity (Wildman–Crippen MR) is 232 cm³/mol. The van der Waals surface area contributed by atoms with Crippen molar-refractivity contribution < 1.29 is 70.7 Å². The number of hydrogen-bond donors (Lipinski definition) is 3. The first kappa shape index (κ1) is 55.8. The second-order valence-corrected chi connectivity index (χ2v) is 16.1. The van der Waals surface area contributed by atoms with Gasteiger partial charge in [0.15, 0.2) is 11.6 Å². The van der Waals surface area contributed by atoms with E-state index in [2.05, 4.69) is 0 Å². The molecule has 0 bridgehead atoms. The molecule has 18 heteroatoms. The molecule has 0 unspecified atom stereocenters. The molecule has 0 saturated heterocycles. The van der Waals surface area contributed by atoms with Crippen molar-refractivity contribution >= 4 is 44.9 Å². The zero-order valence-corrected chi connectivity index (χ0v) is 38.0. The molecule has 0 aliphatic carbocycles. The van der Waals surface area contributed by atoms with Crippen LogP contribution in [0.3, 0.4) is 0 Å². The minimum absolute atomic E-state index is 0.0221. The van der Waals surface area contributed by atoms with Crippen LogP contribution in [0.5, 0.6) is 11.5 Å². The van der Waals surface area contributed by atoms with E-state index in [4.69, 9.17) is 65.6 Å². The van der Waals surface area contributed by atoms with E-state index >= 15 is 0 Å². The Labute approximate surface area is 370 Å². The van der Waals surface area contributed by atoms with Crippen molar-refractivity contribution in [1.82, 2.24) is 0 Å². The van der Waals surface area contributed by atoms with E-state index in [1.807, 2.05) is 6.92 Å². The topological polar surface area (TPSA) is 203 Å². The van der Waals surface area contributed by atoms with E-state index in [-0.39, 0.29) is 42.9 Å². The van der Waals surface area contributed by atoms with Crippen molar-refractivity contribution in [3.8, 4) is 11.5 Å². The van der Waals surface area contributed by atoms with Crippen molar-refractivity contribution in [3.63, 3.8) is 0 Å². The second-order valence-electron chi connectivity index (χ2n) is 13.8. The van der Waals surface area contributed by atoms with Gasteiger partial charge < -0.3 is 48.5 Å². The first-order chi connectivity index (χ1) is 29.0. The minimum Gasteiger partial charge on any atom is -0.491 e. The predicted octanol–water partition coefficient (Wildman–Crippen LogP) is 5.29. The average Bonchev–Trinajstić information content (AvgIpc) is 3.23. The molecule has 3 aromatic rings. The molecule has 0 aliphatic heterocycles. The molecular weight excluding hydrogens is 859 g/mol. The van der Waals surface area contributed by atoms with Crippen LogP contribution >= 0.6 is 23.2 Å². The number of carbonyl (C=O) groups excluding carboxylic acids is 2. The smallest absolute Gasteiger partial charge is 0.297 e. The Hall–Kier alpha value is -3.23. The lowest BCUT2D eigenvalue weighted by Crippen LogP contribution is -2.30. The summed E-state index contributed by atoms with van der Waals surface area (Å²) in [6, 6.07) is 19.6.